The average molecular weight is 416 g/mol. The van der Waals surface area contributed by atoms with Gasteiger partial charge in [-0.25, -0.2) is 0 Å². The largest absolute Gasteiger partial charge is 0.508 e. The number of carbonyl (C=O) groups is 2. The Balaban J connectivity index is 2.10. The van der Waals surface area contributed by atoms with E-state index in [0.717, 1.165) is 22.3 Å². The number of rotatable bonds is 9. The van der Waals surface area contributed by atoms with Gasteiger partial charge in [-0.15, -0.1) is 0 Å². The summed E-state index contributed by atoms with van der Waals surface area (Å²) in [5.74, 6) is -2.55. The molecule has 0 heterocycles. The summed E-state index contributed by atoms with van der Waals surface area (Å²) in [6, 6.07) is 3.98. The Morgan fingerprint density at radius 3 is 1.30 bits per heavy atom. The van der Waals surface area contributed by atoms with Gasteiger partial charge in [0.2, 0.25) is 0 Å². The Bertz CT molecular complexity index is 880. The lowest BCUT2D eigenvalue weighted by Crippen LogP contribution is -2.37. The van der Waals surface area contributed by atoms with Crippen LogP contribution in [0.1, 0.15) is 45.5 Å². The van der Waals surface area contributed by atoms with E-state index < -0.39 is 24.0 Å². The van der Waals surface area contributed by atoms with Crippen LogP contribution in [0.5, 0.6) is 11.5 Å². The molecule has 2 unspecified atom stereocenters. The van der Waals surface area contributed by atoms with Gasteiger partial charge in [-0.3, -0.25) is 20.2 Å². The van der Waals surface area contributed by atoms with Gasteiger partial charge in [0.1, 0.15) is 23.6 Å². The Hall–Kier alpha value is -3.10. The van der Waals surface area contributed by atoms with Crippen LogP contribution in [0.4, 0.5) is 0 Å². The number of phenolic OH excluding ortho intramolecular Hbond substituents is 2. The van der Waals surface area contributed by atoms with Crippen molar-refractivity contribution in [2.45, 2.75) is 39.8 Å². The Morgan fingerprint density at radius 1 is 0.700 bits per heavy atom. The van der Waals surface area contributed by atoms with Crippen molar-refractivity contribution in [2.24, 2.45) is 0 Å². The predicted octanol–water partition coefficient (Wildman–Crippen LogP) is 2.46. The van der Waals surface area contributed by atoms with Gasteiger partial charge in [0, 0.05) is 24.2 Å². The highest BCUT2D eigenvalue weighted by atomic mass is 16.4. The normalized spacial score (nSPS) is 13.1. The van der Waals surface area contributed by atoms with E-state index in [2.05, 4.69) is 10.6 Å². The minimum Gasteiger partial charge on any atom is -0.508 e. The zero-order valence-corrected chi connectivity index (χ0v) is 17.5. The molecule has 162 valence electrons. The summed E-state index contributed by atoms with van der Waals surface area (Å²) < 4.78 is 0. The van der Waals surface area contributed by atoms with E-state index in [-0.39, 0.29) is 35.7 Å². The molecule has 0 spiro atoms. The SMILES string of the molecule is Cc1cc(O)c(C(NCCNC(C(=O)O)c2cc(C)c(C)cc2O)C(=O)O)cc1C. The van der Waals surface area contributed by atoms with Crippen molar-refractivity contribution in [2.75, 3.05) is 13.1 Å². The smallest absolute Gasteiger partial charge is 0.325 e. The number of hydrogen-bond donors (Lipinski definition) is 6. The standard InChI is InChI=1S/C22H28N2O6/c1-11-7-15(17(25)9-13(11)3)19(21(27)28)23-5-6-24-20(22(29)30)16-8-12(2)14(4)10-18(16)26/h7-10,19-20,23-26H,5-6H2,1-4H3,(H,27,28)(H,29,30). The third kappa shape index (κ3) is 5.28. The summed E-state index contributed by atoms with van der Waals surface area (Å²) >= 11 is 0. The number of nitrogens with one attached hydrogen (secondary N) is 2. The third-order valence-corrected chi connectivity index (χ3v) is 5.22. The highest BCUT2D eigenvalue weighted by Gasteiger charge is 2.25. The van der Waals surface area contributed by atoms with Crippen LogP contribution in [-0.4, -0.2) is 45.5 Å². The predicted molar refractivity (Wildman–Crippen MR) is 112 cm³/mol. The molecule has 30 heavy (non-hydrogen) atoms. The second kappa shape index (κ2) is 9.60. The molecule has 0 aliphatic rings. The van der Waals surface area contributed by atoms with Crippen LogP contribution in [0.15, 0.2) is 24.3 Å². The van der Waals surface area contributed by atoms with Gasteiger partial charge in [-0.2, -0.15) is 0 Å². The summed E-state index contributed by atoms with van der Waals surface area (Å²) in [4.78, 5) is 23.4. The van der Waals surface area contributed by atoms with E-state index in [0.29, 0.717) is 0 Å². The van der Waals surface area contributed by atoms with Crippen LogP contribution < -0.4 is 10.6 Å². The topological polar surface area (TPSA) is 139 Å². The molecule has 0 aliphatic carbocycles. The minimum absolute atomic E-state index is 0.116. The fraction of sp³-hybridized carbons (Fsp3) is 0.364. The number of aryl methyl sites for hydroxylation is 4. The maximum Gasteiger partial charge on any atom is 0.325 e. The van der Waals surface area contributed by atoms with Gasteiger partial charge in [-0.1, -0.05) is 0 Å². The molecule has 0 aliphatic heterocycles. The quantitative estimate of drug-likeness (QED) is 0.343. The first kappa shape index (κ1) is 23.2. The first-order chi connectivity index (χ1) is 14.0. The van der Waals surface area contributed by atoms with Crippen LogP contribution in [0.3, 0.4) is 0 Å². The third-order valence-electron chi connectivity index (χ3n) is 5.22. The van der Waals surface area contributed by atoms with Crippen molar-refractivity contribution in [1.29, 1.82) is 0 Å². The second-order valence-electron chi connectivity index (χ2n) is 7.44. The summed E-state index contributed by atoms with van der Waals surface area (Å²) in [6.45, 7) is 7.54. The lowest BCUT2D eigenvalue weighted by atomic mass is 9.99. The number of carboxylic acids is 2. The van der Waals surface area contributed by atoms with E-state index in [1.807, 2.05) is 27.7 Å². The maximum absolute atomic E-state index is 11.7. The van der Waals surface area contributed by atoms with Crippen molar-refractivity contribution in [3.63, 3.8) is 0 Å². The number of carboxylic acid groups (broad SMARTS) is 2. The molecule has 0 amide bonds. The minimum atomic E-state index is -1.16. The number of benzene rings is 2. The molecule has 8 heteroatoms. The Morgan fingerprint density at radius 2 is 1.00 bits per heavy atom. The van der Waals surface area contributed by atoms with Gasteiger partial charge < -0.3 is 20.4 Å². The molecule has 2 aromatic carbocycles. The van der Waals surface area contributed by atoms with Crippen molar-refractivity contribution >= 4 is 11.9 Å². The van der Waals surface area contributed by atoms with Crippen LogP contribution in [0.2, 0.25) is 0 Å². The molecule has 2 rings (SSSR count). The molecule has 0 fully saturated rings. The van der Waals surface area contributed by atoms with Crippen LogP contribution in [0, 0.1) is 27.7 Å². The molecule has 0 bridgehead atoms. The molecule has 0 aromatic heterocycles. The van der Waals surface area contributed by atoms with E-state index >= 15 is 0 Å². The highest BCUT2D eigenvalue weighted by Crippen LogP contribution is 2.29. The first-order valence-corrected chi connectivity index (χ1v) is 9.55. The fourth-order valence-corrected chi connectivity index (χ4v) is 3.20. The van der Waals surface area contributed by atoms with E-state index in [1.54, 1.807) is 12.1 Å². The average Bonchev–Trinajstić information content (AvgIpc) is 2.64. The van der Waals surface area contributed by atoms with E-state index in [1.165, 1.54) is 12.1 Å². The lowest BCUT2D eigenvalue weighted by Gasteiger charge is -2.20. The maximum atomic E-state index is 11.7. The molecule has 2 aromatic rings. The second-order valence-corrected chi connectivity index (χ2v) is 7.44. The molecular formula is C22H28N2O6. The van der Waals surface area contributed by atoms with Crippen molar-refractivity contribution in [1.82, 2.24) is 10.6 Å². The molecule has 6 N–H and O–H groups in total. The summed E-state index contributed by atoms with van der Waals surface area (Å²) in [5, 5.41) is 45.1. The van der Waals surface area contributed by atoms with Gasteiger partial charge in [0.15, 0.2) is 0 Å². The molecule has 8 nitrogen and oxygen atoms in total. The zero-order chi connectivity index (χ0) is 22.6. The van der Waals surface area contributed by atoms with Crippen molar-refractivity contribution in [3.8, 4) is 11.5 Å². The van der Waals surface area contributed by atoms with Gasteiger partial charge in [0.25, 0.3) is 0 Å². The lowest BCUT2D eigenvalue weighted by molar-refractivity contribution is -0.141. The number of aliphatic carboxylic acids is 2. The summed E-state index contributed by atoms with van der Waals surface area (Å²) in [7, 11) is 0. The molecule has 0 saturated heterocycles. The summed E-state index contributed by atoms with van der Waals surface area (Å²) in [6.07, 6.45) is 0. The van der Waals surface area contributed by atoms with Crippen molar-refractivity contribution in [3.05, 3.63) is 57.6 Å². The number of hydrogen-bond acceptors (Lipinski definition) is 6. The van der Waals surface area contributed by atoms with Crippen molar-refractivity contribution < 1.29 is 30.0 Å². The Kier molecular flexibility index (Phi) is 7.42. The molecule has 0 saturated carbocycles. The first-order valence-electron chi connectivity index (χ1n) is 9.55. The van der Waals surface area contributed by atoms with Gasteiger partial charge >= 0.3 is 11.9 Å². The number of phenols is 2. The van der Waals surface area contributed by atoms with Crippen LogP contribution >= 0.6 is 0 Å². The molecule has 2 atom stereocenters. The Labute approximate surface area is 175 Å². The number of aromatic hydroxyl groups is 2. The van der Waals surface area contributed by atoms with Gasteiger partial charge in [-0.05, 0) is 74.2 Å². The summed E-state index contributed by atoms with van der Waals surface area (Å²) in [5.41, 5.74) is 3.88. The van der Waals surface area contributed by atoms with E-state index in [9.17, 15) is 30.0 Å². The zero-order valence-electron chi connectivity index (χ0n) is 17.5. The van der Waals surface area contributed by atoms with E-state index in [4.69, 9.17) is 0 Å². The molecular weight excluding hydrogens is 388 g/mol. The van der Waals surface area contributed by atoms with Gasteiger partial charge in [0.05, 0.1) is 0 Å². The van der Waals surface area contributed by atoms with Crippen LogP contribution in [-0.2, 0) is 9.59 Å². The van der Waals surface area contributed by atoms with Crippen LogP contribution in [0.25, 0.3) is 0 Å². The molecule has 0 radical (unpaired) electrons. The fourth-order valence-electron chi connectivity index (χ4n) is 3.20. The highest BCUT2D eigenvalue weighted by molar-refractivity contribution is 5.77. The monoisotopic (exact) mass is 416 g/mol.